The molecule has 1 N–H and O–H groups in total. The molecule has 0 saturated heterocycles. The molecule has 1 rings (SSSR count). The van der Waals surface area contributed by atoms with Gasteiger partial charge in [0.05, 0.1) is 5.92 Å². The number of carbonyl (C=O) groups excluding carboxylic acids is 1. The first-order valence-electron chi connectivity index (χ1n) is 5.78. The molecule has 88 valence electrons. The molecule has 2 atom stereocenters. The minimum Gasteiger partial charge on any atom is -0.460 e. The summed E-state index contributed by atoms with van der Waals surface area (Å²) in [6.07, 6.45) is 3.99. The number of ether oxygens (including phenoxy) is 1. The van der Waals surface area contributed by atoms with Crippen molar-refractivity contribution in [2.45, 2.75) is 52.1 Å². The summed E-state index contributed by atoms with van der Waals surface area (Å²) in [5, 5.41) is 9.20. The third kappa shape index (κ3) is 3.82. The lowest BCUT2D eigenvalue weighted by molar-refractivity contribution is -0.164. The van der Waals surface area contributed by atoms with E-state index in [4.69, 9.17) is 4.74 Å². The lowest BCUT2D eigenvalue weighted by atomic mass is 9.79. The molecule has 1 saturated carbocycles. The summed E-state index contributed by atoms with van der Waals surface area (Å²) in [5.74, 6) is -0.127. The van der Waals surface area contributed by atoms with E-state index >= 15 is 0 Å². The fraction of sp³-hybridized carbons (Fsp3) is 0.917. The molecule has 1 aliphatic rings. The summed E-state index contributed by atoms with van der Waals surface area (Å²) in [7, 11) is 0. The fourth-order valence-electron chi connectivity index (χ4n) is 2.11. The average Bonchev–Trinajstić information content (AvgIpc) is 2.15. The summed E-state index contributed by atoms with van der Waals surface area (Å²) >= 11 is 0. The van der Waals surface area contributed by atoms with Gasteiger partial charge in [0.2, 0.25) is 0 Å². The van der Waals surface area contributed by atoms with Crippen molar-refractivity contribution in [3.05, 3.63) is 0 Å². The summed E-state index contributed by atoms with van der Waals surface area (Å²) in [6, 6.07) is 0. The number of hydrogen-bond donors (Lipinski definition) is 1. The van der Waals surface area contributed by atoms with Crippen molar-refractivity contribution < 1.29 is 14.6 Å². The van der Waals surface area contributed by atoms with Gasteiger partial charge in [0, 0.05) is 6.61 Å². The maximum absolute atomic E-state index is 11.8. The van der Waals surface area contributed by atoms with Crippen LogP contribution >= 0.6 is 0 Å². The summed E-state index contributed by atoms with van der Waals surface area (Å²) in [4.78, 5) is 11.8. The quantitative estimate of drug-likeness (QED) is 0.716. The lowest BCUT2D eigenvalue weighted by Crippen LogP contribution is -2.35. The van der Waals surface area contributed by atoms with Crippen molar-refractivity contribution in [3.63, 3.8) is 0 Å². The van der Waals surface area contributed by atoms with Gasteiger partial charge in [0.15, 0.2) is 0 Å². The fourth-order valence-corrected chi connectivity index (χ4v) is 2.11. The second-order valence-corrected chi connectivity index (χ2v) is 5.37. The molecule has 2 unspecified atom stereocenters. The monoisotopic (exact) mass is 214 g/mol. The molecule has 1 aliphatic carbocycles. The van der Waals surface area contributed by atoms with E-state index in [1.54, 1.807) is 0 Å². The van der Waals surface area contributed by atoms with Crippen LogP contribution in [-0.2, 0) is 9.53 Å². The Labute approximate surface area is 91.8 Å². The number of aliphatic hydroxyl groups is 1. The van der Waals surface area contributed by atoms with Crippen LogP contribution in [0.3, 0.4) is 0 Å². The lowest BCUT2D eigenvalue weighted by Gasteiger charge is -2.31. The molecule has 0 aromatic carbocycles. The molecule has 0 bridgehead atoms. The Morgan fingerprint density at radius 2 is 1.93 bits per heavy atom. The van der Waals surface area contributed by atoms with Crippen molar-refractivity contribution in [1.82, 2.24) is 0 Å². The van der Waals surface area contributed by atoms with E-state index in [1.807, 2.05) is 20.8 Å². The maximum atomic E-state index is 11.8. The highest BCUT2D eigenvalue weighted by molar-refractivity contribution is 5.73. The summed E-state index contributed by atoms with van der Waals surface area (Å²) in [6.45, 7) is 5.73. The SMILES string of the molecule is CC(C)(C)OC(=O)C1CCCCC1CO. The van der Waals surface area contributed by atoms with Gasteiger partial charge in [0.25, 0.3) is 0 Å². The van der Waals surface area contributed by atoms with Gasteiger partial charge in [-0.3, -0.25) is 4.79 Å². The zero-order valence-electron chi connectivity index (χ0n) is 9.95. The highest BCUT2D eigenvalue weighted by atomic mass is 16.6. The first-order chi connectivity index (χ1) is 6.94. The van der Waals surface area contributed by atoms with Crippen molar-refractivity contribution in [1.29, 1.82) is 0 Å². The standard InChI is InChI=1S/C12H22O3/c1-12(2,3)15-11(14)10-7-5-4-6-9(10)8-13/h9-10,13H,4-8H2,1-3H3. The van der Waals surface area contributed by atoms with Crippen LogP contribution in [0.4, 0.5) is 0 Å². The first kappa shape index (κ1) is 12.5. The molecule has 1 fully saturated rings. The Kier molecular flexibility index (Phi) is 4.14. The van der Waals surface area contributed by atoms with Crippen molar-refractivity contribution in [2.24, 2.45) is 11.8 Å². The van der Waals surface area contributed by atoms with E-state index in [9.17, 15) is 9.90 Å². The van der Waals surface area contributed by atoms with Crippen LogP contribution in [0.2, 0.25) is 0 Å². The Hall–Kier alpha value is -0.570. The smallest absolute Gasteiger partial charge is 0.309 e. The van der Waals surface area contributed by atoms with Gasteiger partial charge in [-0.05, 0) is 39.5 Å². The van der Waals surface area contributed by atoms with E-state index in [-0.39, 0.29) is 24.4 Å². The Balaban J connectivity index is 2.56. The molecule has 0 spiro atoms. The minimum atomic E-state index is -0.422. The number of hydrogen-bond acceptors (Lipinski definition) is 3. The van der Waals surface area contributed by atoms with Crippen LogP contribution in [-0.4, -0.2) is 23.3 Å². The third-order valence-electron chi connectivity index (χ3n) is 2.85. The normalized spacial score (nSPS) is 27.5. The van der Waals surface area contributed by atoms with Crippen molar-refractivity contribution >= 4 is 5.97 Å². The third-order valence-corrected chi connectivity index (χ3v) is 2.85. The Morgan fingerprint density at radius 1 is 1.33 bits per heavy atom. The van der Waals surface area contributed by atoms with Gasteiger partial charge in [-0.2, -0.15) is 0 Å². The molecular weight excluding hydrogens is 192 g/mol. The molecule has 0 radical (unpaired) electrons. The van der Waals surface area contributed by atoms with E-state index in [0.717, 1.165) is 25.7 Å². The number of esters is 1. The zero-order valence-corrected chi connectivity index (χ0v) is 9.95. The highest BCUT2D eigenvalue weighted by Gasteiger charge is 2.33. The summed E-state index contributed by atoms with van der Waals surface area (Å²) < 4.78 is 5.36. The summed E-state index contributed by atoms with van der Waals surface area (Å²) in [5.41, 5.74) is -0.422. The largest absolute Gasteiger partial charge is 0.460 e. The highest BCUT2D eigenvalue weighted by Crippen LogP contribution is 2.31. The average molecular weight is 214 g/mol. The molecule has 15 heavy (non-hydrogen) atoms. The predicted molar refractivity (Wildman–Crippen MR) is 58.4 cm³/mol. The second kappa shape index (κ2) is 4.97. The molecule has 0 heterocycles. The van der Waals surface area contributed by atoms with E-state index < -0.39 is 5.60 Å². The maximum Gasteiger partial charge on any atom is 0.309 e. The molecule has 0 aliphatic heterocycles. The van der Waals surface area contributed by atoms with Crippen LogP contribution in [0, 0.1) is 11.8 Å². The number of rotatable bonds is 2. The van der Waals surface area contributed by atoms with Gasteiger partial charge in [0.1, 0.15) is 5.60 Å². The van der Waals surface area contributed by atoms with Gasteiger partial charge < -0.3 is 9.84 Å². The first-order valence-corrected chi connectivity index (χ1v) is 5.78. The topological polar surface area (TPSA) is 46.5 Å². The molecule has 0 aromatic rings. The van der Waals surface area contributed by atoms with E-state index in [0.29, 0.717) is 0 Å². The van der Waals surface area contributed by atoms with Gasteiger partial charge in [-0.1, -0.05) is 12.8 Å². The van der Waals surface area contributed by atoms with Gasteiger partial charge >= 0.3 is 5.97 Å². The van der Waals surface area contributed by atoms with Crippen LogP contribution in [0.15, 0.2) is 0 Å². The molecule has 3 nitrogen and oxygen atoms in total. The van der Waals surface area contributed by atoms with Crippen LogP contribution in [0.1, 0.15) is 46.5 Å². The number of carbonyl (C=O) groups is 1. The Bertz CT molecular complexity index is 217. The molecule has 3 heteroatoms. The molecule has 0 aromatic heterocycles. The molecule has 0 amide bonds. The predicted octanol–water partition coefficient (Wildman–Crippen LogP) is 2.13. The molecular formula is C12H22O3. The van der Waals surface area contributed by atoms with E-state index in [2.05, 4.69) is 0 Å². The van der Waals surface area contributed by atoms with Gasteiger partial charge in [-0.15, -0.1) is 0 Å². The van der Waals surface area contributed by atoms with Crippen LogP contribution in [0.25, 0.3) is 0 Å². The second-order valence-electron chi connectivity index (χ2n) is 5.37. The minimum absolute atomic E-state index is 0.0945. The number of aliphatic hydroxyl groups excluding tert-OH is 1. The van der Waals surface area contributed by atoms with E-state index in [1.165, 1.54) is 0 Å². The van der Waals surface area contributed by atoms with Crippen LogP contribution in [0.5, 0.6) is 0 Å². The van der Waals surface area contributed by atoms with Crippen LogP contribution < -0.4 is 0 Å². The van der Waals surface area contributed by atoms with Crippen molar-refractivity contribution in [2.75, 3.05) is 6.61 Å². The van der Waals surface area contributed by atoms with Crippen molar-refractivity contribution in [3.8, 4) is 0 Å². The zero-order chi connectivity index (χ0) is 11.5. The Morgan fingerprint density at radius 3 is 2.47 bits per heavy atom. The van der Waals surface area contributed by atoms with Gasteiger partial charge in [-0.25, -0.2) is 0 Å².